The van der Waals surface area contributed by atoms with Gasteiger partial charge in [0.25, 0.3) is 0 Å². The summed E-state index contributed by atoms with van der Waals surface area (Å²) in [4.78, 5) is 14.8. The van der Waals surface area contributed by atoms with Gasteiger partial charge in [-0.1, -0.05) is 49.8 Å². The minimum atomic E-state index is -0.236. The zero-order chi connectivity index (χ0) is 16.7. The van der Waals surface area contributed by atoms with Gasteiger partial charge in [-0.2, -0.15) is 0 Å². The van der Waals surface area contributed by atoms with Gasteiger partial charge in [-0.15, -0.1) is 0 Å². The molecule has 1 saturated carbocycles. The lowest BCUT2D eigenvalue weighted by Crippen LogP contribution is -2.51. The van der Waals surface area contributed by atoms with Crippen LogP contribution in [0, 0.1) is 12.8 Å². The Morgan fingerprint density at radius 1 is 1.29 bits per heavy atom. The van der Waals surface area contributed by atoms with Gasteiger partial charge in [-0.25, -0.2) is 4.79 Å². The van der Waals surface area contributed by atoms with E-state index < -0.39 is 0 Å². The first kappa shape index (κ1) is 15.3. The summed E-state index contributed by atoms with van der Waals surface area (Å²) >= 11 is 0. The van der Waals surface area contributed by atoms with Crippen molar-refractivity contribution >= 4 is 11.8 Å². The summed E-state index contributed by atoms with van der Waals surface area (Å²) < 4.78 is 5.32. The first-order valence-corrected chi connectivity index (χ1v) is 8.76. The van der Waals surface area contributed by atoms with Gasteiger partial charge >= 0.3 is 5.63 Å². The van der Waals surface area contributed by atoms with Crippen LogP contribution in [0.1, 0.15) is 43.1 Å². The first-order chi connectivity index (χ1) is 11.6. The molecular weight excluding hydrogens is 298 g/mol. The standard InChI is InChI=1S/C21H23NO2/c1-15-7-6-11-21(15)12-10-18-19(13-16(2)24-20(18)23)22(21)14-17-8-4-3-5-9-17/h3-5,8-10,12-13,15H,6-7,11,14H2,1-2H3/t15-,21+/m1/s1. The predicted molar refractivity (Wildman–Crippen MR) is 97.1 cm³/mol. The van der Waals surface area contributed by atoms with Gasteiger partial charge in [-0.3, -0.25) is 0 Å². The van der Waals surface area contributed by atoms with E-state index in [0.29, 0.717) is 17.2 Å². The second kappa shape index (κ2) is 5.66. The maximum Gasteiger partial charge on any atom is 0.345 e. The second-order valence-electron chi connectivity index (χ2n) is 7.13. The molecule has 1 aromatic carbocycles. The third-order valence-corrected chi connectivity index (χ3v) is 5.67. The highest BCUT2D eigenvalue weighted by atomic mass is 16.4. The Bertz CT molecular complexity index is 837. The number of hydrogen-bond acceptors (Lipinski definition) is 3. The van der Waals surface area contributed by atoms with E-state index in [1.165, 1.54) is 18.4 Å². The fraction of sp³-hybridized carbons (Fsp3) is 0.381. The Labute approximate surface area is 142 Å². The fourth-order valence-electron chi connectivity index (χ4n) is 4.36. The molecule has 2 aliphatic rings. The van der Waals surface area contributed by atoms with E-state index in [4.69, 9.17) is 4.42 Å². The van der Waals surface area contributed by atoms with Crippen LogP contribution in [0.5, 0.6) is 0 Å². The van der Waals surface area contributed by atoms with Crippen molar-refractivity contribution in [2.45, 2.75) is 45.2 Å². The molecule has 0 amide bonds. The molecule has 3 nitrogen and oxygen atoms in total. The lowest BCUT2D eigenvalue weighted by Gasteiger charge is -2.47. The van der Waals surface area contributed by atoms with Crippen LogP contribution >= 0.6 is 0 Å². The molecule has 124 valence electrons. The van der Waals surface area contributed by atoms with Crippen molar-refractivity contribution in [3.63, 3.8) is 0 Å². The smallest absolute Gasteiger partial charge is 0.345 e. The lowest BCUT2D eigenvalue weighted by molar-refractivity contribution is 0.374. The number of anilines is 1. The van der Waals surface area contributed by atoms with Gasteiger partial charge in [0.1, 0.15) is 5.76 Å². The molecule has 0 unspecified atom stereocenters. The largest absolute Gasteiger partial charge is 0.428 e. The summed E-state index contributed by atoms with van der Waals surface area (Å²) in [6.45, 7) is 5.00. The molecule has 2 atom stereocenters. The first-order valence-electron chi connectivity index (χ1n) is 8.76. The molecule has 0 radical (unpaired) electrons. The molecular formula is C21H23NO2. The quantitative estimate of drug-likeness (QED) is 0.814. The van der Waals surface area contributed by atoms with Gasteiger partial charge in [0, 0.05) is 12.6 Å². The molecule has 1 aliphatic heterocycles. The van der Waals surface area contributed by atoms with Crippen molar-refractivity contribution in [1.29, 1.82) is 0 Å². The molecule has 1 aromatic heterocycles. The SMILES string of the molecule is Cc1cc2c(c(=O)o1)C=C[C@]1(CCC[C@H]1C)N2Cc1ccccc1. The van der Waals surface area contributed by atoms with Crippen LogP contribution in [0.3, 0.4) is 0 Å². The van der Waals surface area contributed by atoms with E-state index in [1.807, 2.05) is 25.1 Å². The monoisotopic (exact) mass is 321 g/mol. The molecule has 4 rings (SSSR count). The average molecular weight is 321 g/mol. The number of hydrogen-bond donors (Lipinski definition) is 0. The lowest BCUT2D eigenvalue weighted by atomic mass is 9.82. The van der Waals surface area contributed by atoms with Gasteiger partial charge in [0.15, 0.2) is 0 Å². The van der Waals surface area contributed by atoms with Crippen LogP contribution in [0.25, 0.3) is 6.08 Å². The van der Waals surface area contributed by atoms with E-state index in [9.17, 15) is 4.79 Å². The summed E-state index contributed by atoms with van der Waals surface area (Å²) in [5.41, 5.74) is 2.73. The molecule has 1 spiro atoms. The molecule has 1 aliphatic carbocycles. The van der Waals surface area contributed by atoms with Gasteiger partial charge in [-0.05, 0) is 37.3 Å². The Morgan fingerprint density at radius 3 is 2.79 bits per heavy atom. The topological polar surface area (TPSA) is 33.5 Å². The molecule has 0 bridgehead atoms. The van der Waals surface area contributed by atoms with Crippen LogP contribution in [0.15, 0.2) is 51.7 Å². The molecule has 0 saturated heterocycles. The molecule has 2 aromatic rings. The van der Waals surface area contributed by atoms with Crippen molar-refractivity contribution in [3.05, 3.63) is 69.8 Å². The third kappa shape index (κ3) is 2.31. The van der Waals surface area contributed by atoms with Gasteiger partial charge in [0.05, 0.1) is 16.8 Å². The van der Waals surface area contributed by atoms with E-state index in [0.717, 1.165) is 18.7 Å². The number of benzene rings is 1. The second-order valence-corrected chi connectivity index (χ2v) is 7.13. The number of rotatable bonds is 2. The zero-order valence-electron chi connectivity index (χ0n) is 14.3. The van der Waals surface area contributed by atoms with E-state index in [2.05, 4.69) is 42.2 Å². The molecule has 1 fully saturated rings. The van der Waals surface area contributed by atoms with Gasteiger partial charge in [0.2, 0.25) is 0 Å². The van der Waals surface area contributed by atoms with Crippen molar-refractivity contribution in [1.82, 2.24) is 0 Å². The molecule has 2 heterocycles. The maximum absolute atomic E-state index is 12.3. The van der Waals surface area contributed by atoms with E-state index in [-0.39, 0.29) is 11.2 Å². The zero-order valence-corrected chi connectivity index (χ0v) is 14.3. The number of aryl methyl sites for hydroxylation is 1. The Kier molecular flexibility index (Phi) is 3.60. The molecule has 24 heavy (non-hydrogen) atoms. The maximum atomic E-state index is 12.3. The van der Waals surface area contributed by atoms with E-state index in [1.54, 1.807) is 0 Å². The summed E-state index contributed by atoms with van der Waals surface area (Å²) in [7, 11) is 0. The minimum Gasteiger partial charge on any atom is -0.428 e. The van der Waals surface area contributed by atoms with Crippen LogP contribution < -0.4 is 10.5 Å². The average Bonchev–Trinajstić information content (AvgIpc) is 2.93. The Hall–Kier alpha value is -2.29. The van der Waals surface area contributed by atoms with Crippen molar-refractivity contribution in [3.8, 4) is 0 Å². The van der Waals surface area contributed by atoms with E-state index >= 15 is 0 Å². The highest BCUT2D eigenvalue weighted by Gasteiger charge is 2.45. The highest BCUT2D eigenvalue weighted by Crippen LogP contribution is 2.47. The number of fused-ring (bicyclic) bond motifs is 1. The summed E-state index contributed by atoms with van der Waals surface area (Å²) in [5, 5.41) is 0. The fourth-order valence-corrected chi connectivity index (χ4v) is 4.36. The molecule has 0 N–H and O–H groups in total. The minimum absolute atomic E-state index is 0.00305. The van der Waals surface area contributed by atoms with Crippen LogP contribution in [0.4, 0.5) is 5.69 Å². The Balaban J connectivity index is 1.87. The Morgan fingerprint density at radius 2 is 2.08 bits per heavy atom. The van der Waals surface area contributed by atoms with Crippen molar-refractivity contribution in [2.24, 2.45) is 5.92 Å². The van der Waals surface area contributed by atoms with Crippen molar-refractivity contribution < 1.29 is 4.42 Å². The highest BCUT2D eigenvalue weighted by molar-refractivity contribution is 5.73. The van der Waals surface area contributed by atoms with Crippen LogP contribution in [0.2, 0.25) is 0 Å². The molecule has 3 heteroatoms. The predicted octanol–water partition coefficient (Wildman–Crippen LogP) is 4.54. The summed E-state index contributed by atoms with van der Waals surface area (Å²) in [6.07, 6.45) is 7.83. The summed E-state index contributed by atoms with van der Waals surface area (Å²) in [5.74, 6) is 1.24. The normalized spacial score (nSPS) is 25.2. The van der Waals surface area contributed by atoms with Gasteiger partial charge < -0.3 is 9.32 Å². The van der Waals surface area contributed by atoms with Crippen LogP contribution in [-0.2, 0) is 6.54 Å². The summed E-state index contributed by atoms with van der Waals surface area (Å²) in [6, 6.07) is 12.5. The third-order valence-electron chi connectivity index (χ3n) is 5.67. The van der Waals surface area contributed by atoms with Crippen molar-refractivity contribution in [2.75, 3.05) is 4.90 Å². The van der Waals surface area contributed by atoms with Crippen LogP contribution in [-0.4, -0.2) is 5.54 Å². The number of nitrogens with zero attached hydrogens (tertiary/aromatic N) is 1.